The van der Waals surface area contributed by atoms with Crippen LogP contribution in [0.2, 0.25) is 5.02 Å². The fourth-order valence-corrected chi connectivity index (χ4v) is 4.13. The first-order chi connectivity index (χ1) is 10.0. The summed E-state index contributed by atoms with van der Waals surface area (Å²) in [7, 11) is 1.75. The Morgan fingerprint density at radius 1 is 1.43 bits per heavy atom. The van der Waals surface area contributed by atoms with Crippen molar-refractivity contribution in [3.63, 3.8) is 0 Å². The normalized spacial score (nSPS) is 24.7. The zero-order valence-corrected chi connectivity index (χ0v) is 13.3. The summed E-state index contributed by atoms with van der Waals surface area (Å²) in [5.74, 6) is 0.0777. The highest BCUT2D eigenvalue weighted by atomic mass is 35.5. The first-order valence-corrected chi connectivity index (χ1v) is 7.68. The summed E-state index contributed by atoms with van der Waals surface area (Å²) in [5.41, 5.74) is 3.25. The highest BCUT2D eigenvalue weighted by Crippen LogP contribution is 2.41. The van der Waals surface area contributed by atoms with Crippen LogP contribution in [0.1, 0.15) is 24.2 Å². The van der Waals surface area contributed by atoms with Crippen LogP contribution in [0.25, 0.3) is 10.9 Å². The Morgan fingerprint density at radius 2 is 2.19 bits per heavy atom. The first-order valence-electron chi connectivity index (χ1n) is 6.89. The fourth-order valence-electron chi connectivity index (χ4n) is 3.53. The van der Waals surface area contributed by atoms with Crippen molar-refractivity contribution in [1.82, 2.24) is 14.8 Å². The molecule has 3 heterocycles. The third kappa shape index (κ3) is 1.56. The number of aromatic nitrogens is 1. The van der Waals surface area contributed by atoms with Crippen molar-refractivity contribution < 1.29 is 4.79 Å². The minimum absolute atomic E-state index is 0.0450. The van der Waals surface area contributed by atoms with Crippen molar-refractivity contribution >= 4 is 45.7 Å². The van der Waals surface area contributed by atoms with Gasteiger partial charge in [-0.25, -0.2) is 0 Å². The van der Waals surface area contributed by atoms with Crippen molar-refractivity contribution in [1.29, 1.82) is 0 Å². The van der Waals surface area contributed by atoms with E-state index in [1.165, 1.54) is 5.56 Å². The van der Waals surface area contributed by atoms with Gasteiger partial charge in [-0.3, -0.25) is 9.69 Å². The Kier molecular flexibility index (Phi) is 2.63. The van der Waals surface area contributed by atoms with E-state index in [0.717, 1.165) is 16.6 Å². The van der Waals surface area contributed by atoms with Crippen LogP contribution in [0, 0.1) is 0 Å². The molecule has 21 heavy (non-hydrogen) atoms. The summed E-state index contributed by atoms with van der Waals surface area (Å²) in [6.45, 7) is 2.08. The van der Waals surface area contributed by atoms with Crippen LogP contribution in [0.5, 0.6) is 0 Å². The largest absolute Gasteiger partial charge is 0.355 e. The van der Waals surface area contributed by atoms with Crippen molar-refractivity contribution in [2.24, 2.45) is 0 Å². The topological polar surface area (TPSA) is 39.3 Å². The number of aromatic amines is 1. The van der Waals surface area contributed by atoms with Crippen molar-refractivity contribution in [2.45, 2.75) is 25.4 Å². The number of rotatable bonds is 0. The summed E-state index contributed by atoms with van der Waals surface area (Å²) in [6.07, 6.45) is 0.670. The highest BCUT2D eigenvalue weighted by molar-refractivity contribution is 7.80. The molecule has 1 aromatic carbocycles. The van der Waals surface area contributed by atoms with E-state index in [1.54, 1.807) is 11.9 Å². The Bertz CT molecular complexity index is 800. The second-order valence-electron chi connectivity index (χ2n) is 5.66. The monoisotopic (exact) mass is 319 g/mol. The molecule has 0 bridgehead atoms. The SMILES string of the molecule is C[C@H]1c2[nH]c3c(Cl)cccc3c2C[C@@H]2C(=O)N(C)C(=S)N21. The molecule has 4 nitrogen and oxygen atoms in total. The van der Waals surface area contributed by atoms with Gasteiger partial charge < -0.3 is 9.88 Å². The average Bonchev–Trinajstić information content (AvgIpc) is 2.94. The molecule has 0 aliphatic carbocycles. The second-order valence-corrected chi connectivity index (χ2v) is 6.43. The van der Waals surface area contributed by atoms with E-state index in [-0.39, 0.29) is 18.0 Å². The molecule has 6 heteroatoms. The molecule has 1 saturated heterocycles. The van der Waals surface area contributed by atoms with Gasteiger partial charge in [0.2, 0.25) is 0 Å². The molecule has 4 rings (SSSR count). The predicted molar refractivity (Wildman–Crippen MR) is 86.4 cm³/mol. The van der Waals surface area contributed by atoms with Crippen LogP contribution < -0.4 is 0 Å². The van der Waals surface area contributed by atoms with Crippen molar-refractivity contribution in [2.75, 3.05) is 7.05 Å². The van der Waals surface area contributed by atoms with Crippen LogP contribution in [-0.2, 0) is 11.2 Å². The molecule has 0 spiro atoms. The highest BCUT2D eigenvalue weighted by Gasteiger charge is 2.47. The molecule has 0 unspecified atom stereocenters. The van der Waals surface area contributed by atoms with Gasteiger partial charge in [0.25, 0.3) is 5.91 Å². The molecular formula is C15H14ClN3OS. The molecule has 108 valence electrons. The van der Waals surface area contributed by atoms with E-state index in [0.29, 0.717) is 16.6 Å². The van der Waals surface area contributed by atoms with Crippen LogP contribution >= 0.6 is 23.8 Å². The molecule has 1 fully saturated rings. The summed E-state index contributed by atoms with van der Waals surface area (Å²) < 4.78 is 0. The Morgan fingerprint density at radius 3 is 2.95 bits per heavy atom. The summed E-state index contributed by atoms with van der Waals surface area (Å²) in [5, 5.41) is 2.42. The summed E-state index contributed by atoms with van der Waals surface area (Å²) >= 11 is 11.7. The van der Waals surface area contributed by atoms with Crippen LogP contribution in [0.4, 0.5) is 0 Å². The smallest absolute Gasteiger partial charge is 0.251 e. The Hall–Kier alpha value is -1.59. The van der Waals surface area contributed by atoms with E-state index < -0.39 is 0 Å². The van der Waals surface area contributed by atoms with E-state index in [2.05, 4.69) is 18.0 Å². The van der Waals surface area contributed by atoms with Gasteiger partial charge in [-0.05, 0) is 30.8 Å². The minimum Gasteiger partial charge on any atom is -0.355 e. The maximum atomic E-state index is 12.4. The van der Waals surface area contributed by atoms with Gasteiger partial charge in [-0.2, -0.15) is 0 Å². The molecule has 1 aromatic heterocycles. The Labute approximate surface area is 132 Å². The second kappa shape index (κ2) is 4.21. The third-order valence-corrected chi connectivity index (χ3v) is 5.41. The maximum Gasteiger partial charge on any atom is 0.251 e. The lowest BCUT2D eigenvalue weighted by Crippen LogP contribution is -2.42. The molecule has 2 atom stereocenters. The number of thiocarbonyl (C=S) groups is 1. The molecule has 2 aromatic rings. The van der Waals surface area contributed by atoms with Gasteiger partial charge >= 0.3 is 0 Å². The number of nitrogens with one attached hydrogen (secondary N) is 1. The zero-order valence-electron chi connectivity index (χ0n) is 11.7. The van der Waals surface area contributed by atoms with Gasteiger partial charge in [0.05, 0.1) is 16.6 Å². The number of para-hydroxylation sites is 1. The van der Waals surface area contributed by atoms with Gasteiger partial charge in [0.15, 0.2) is 5.11 Å². The summed E-state index contributed by atoms with van der Waals surface area (Å²) in [4.78, 5) is 19.4. The number of amides is 1. The van der Waals surface area contributed by atoms with Crippen molar-refractivity contribution in [3.05, 3.63) is 34.5 Å². The molecule has 1 amide bonds. The van der Waals surface area contributed by atoms with E-state index in [9.17, 15) is 4.79 Å². The number of likely N-dealkylation sites (N-methyl/N-ethyl adjacent to an activating group) is 1. The number of hydrogen-bond donors (Lipinski definition) is 1. The quantitative estimate of drug-likeness (QED) is 0.759. The van der Waals surface area contributed by atoms with E-state index in [4.69, 9.17) is 23.8 Å². The predicted octanol–water partition coefficient (Wildman–Crippen LogP) is 2.87. The van der Waals surface area contributed by atoms with Crippen LogP contribution in [0.15, 0.2) is 18.2 Å². The molecule has 0 radical (unpaired) electrons. The van der Waals surface area contributed by atoms with Crippen LogP contribution in [0.3, 0.4) is 0 Å². The number of fused-ring (bicyclic) bond motifs is 4. The molecule has 1 N–H and O–H groups in total. The number of carbonyl (C=O) groups excluding carboxylic acids is 1. The third-order valence-electron chi connectivity index (χ3n) is 4.62. The fraction of sp³-hybridized carbons (Fsp3) is 0.333. The summed E-state index contributed by atoms with van der Waals surface area (Å²) in [6, 6.07) is 5.73. The zero-order chi connectivity index (χ0) is 14.9. The number of benzene rings is 1. The van der Waals surface area contributed by atoms with Gasteiger partial charge in [0.1, 0.15) is 6.04 Å². The number of hydrogen-bond acceptors (Lipinski definition) is 2. The minimum atomic E-state index is -0.192. The maximum absolute atomic E-state index is 12.4. The number of H-pyrrole nitrogens is 1. The molecule has 0 saturated carbocycles. The van der Waals surface area contributed by atoms with Crippen LogP contribution in [-0.4, -0.2) is 38.9 Å². The number of carbonyl (C=O) groups is 1. The molecular weight excluding hydrogens is 306 g/mol. The average molecular weight is 320 g/mol. The first kappa shape index (κ1) is 13.1. The lowest BCUT2D eigenvalue weighted by Gasteiger charge is -2.34. The Balaban J connectivity index is 1.94. The lowest BCUT2D eigenvalue weighted by atomic mass is 9.93. The number of nitrogens with zero attached hydrogens (tertiary/aromatic N) is 2. The van der Waals surface area contributed by atoms with Gasteiger partial charge in [-0.15, -0.1) is 0 Å². The van der Waals surface area contributed by atoms with Crippen molar-refractivity contribution in [3.8, 4) is 0 Å². The number of halogens is 1. The van der Waals surface area contributed by atoms with Gasteiger partial charge in [-0.1, -0.05) is 23.7 Å². The molecule has 2 aliphatic rings. The van der Waals surface area contributed by atoms with Gasteiger partial charge in [0, 0.05) is 24.5 Å². The standard InChI is InChI=1S/C15H14ClN3OS/c1-7-12-9(8-4-3-5-10(16)13(8)17-12)6-11-14(20)18(2)15(21)19(7)11/h3-5,7,11,17H,6H2,1-2H3/t7-,11+/m0/s1. The van der Waals surface area contributed by atoms with E-state index in [1.807, 2.05) is 17.0 Å². The lowest BCUT2D eigenvalue weighted by molar-refractivity contribution is -0.127. The van der Waals surface area contributed by atoms with E-state index >= 15 is 0 Å². The molecule has 2 aliphatic heterocycles.